The molecule has 0 saturated heterocycles. The van der Waals surface area contributed by atoms with Crippen LogP contribution in [0.3, 0.4) is 0 Å². The SMILES string of the molecule is O=C(CSc1ccc(F)cc1)N(Cc1cccs1)c1ccc2c(c1)OCCO2. The Labute approximate surface area is 170 Å². The Bertz CT molecular complexity index is 945. The van der Waals surface area contributed by atoms with Crippen molar-refractivity contribution in [2.75, 3.05) is 23.9 Å². The molecule has 1 aromatic heterocycles. The minimum absolute atomic E-state index is 0.0283. The molecule has 0 N–H and O–H groups in total. The number of anilines is 1. The topological polar surface area (TPSA) is 38.8 Å². The molecule has 0 saturated carbocycles. The van der Waals surface area contributed by atoms with Gasteiger partial charge < -0.3 is 14.4 Å². The van der Waals surface area contributed by atoms with Gasteiger partial charge in [0, 0.05) is 21.5 Å². The van der Waals surface area contributed by atoms with Crippen LogP contribution in [0.4, 0.5) is 10.1 Å². The van der Waals surface area contributed by atoms with Gasteiger partial charge in [-0.15, -0.1) is 23.1 Å². The van der Waals surface area contributed by atoms with E-state index in [0.29, 0.717) is 31.3 Å². The van der Waals surface area contributed by atoms with Crippen molar-refractivity contribution in [2.24, 2.45) is 0 Å². The van der Waals surface area contributed by atoms with Gasteiger partial charge in [0.1, 0.15) is 19.0 Å². The monoisotopic (exact) mass is 415 g/mol. The van der Waals surface area contributed by atoms with E-state index < -0.39 is 0 Å². The van der Waals surface area contributed by atoms with Crippen molar-refractivity contribution in [2.45, 2.75) is 11.4 Å². The maximum Gasteiger partial charge on any atom is 0.237 e. The predicted octanol–water partition coefficient (Wildman–Crippen LogP) is 4.98. The molecule has 2 aromatic carbocycles. The van der Waals surface area contributed by atoms with Crippen LogP contribution in [-0.2, 0) is 11.3 Å². The molecule has 3 aromatic rings. The van der Waals surface area contributed by atoms with Crippen LogP contribution in [-0.4, -0.2) is 24.9 Å². The lowest BCUT2D eigenvalue weighted by molar-refractivity contribution is -0.116. The van der Waals surface area contributed by atoms with Gasteiger partial charge in [0.15, 0.2) is 11.5 Å². The normalized spacial score (nSPS) is 12.6. The fourth-order valence-electron chi connectivity index (χ4n) is 2.84. The van der Waals surface area contributed by atoms with E-state index in [4.69, 9.17) is 9.47 Å². The number of carbonyl (C=O) groups excluding carboxylic acids is 1. The lowest BCUT2D eigenvalue weighted by atomic mass is 10.2. The number of hydrogen-bond donors (Lipinski definition) is 0. The van der Waals surface area contributed by atoms with Gasteiger partial charge in [0.05, 0.1) is 12.3 Å². The Morgan fingerprint density at radius 1 is 1.07 bits per heavy atom. The van der Waals surface area contributed by atoms with Crippen molar-refractivity contribution in [3.63, 3.8) is 0 Å². The summed E-state index contributed by atoms with van der Waals surface area (Å²) in [6, 6.07) is 15.7. The number of amides is 1. The van der Waals surface area contributed by atoms with Crippen LogP contribution in [0.25, 0.3) is 0 Å². The molecule has 0 atom stereocenters. The first-order valence-corrected chi connectivity index (χ1v) is 10.7. The summed E-state index contributed by atoms with van der Waals surface area (Å²) in [4.78, 5) is 16.7. The number of thiophene rings is 1. The van der Waals surface area contributed by atoms with Crippen molar-refractivity contribution >= 4 is 34.7 Å². The zero-order chi connectivity index (χ0) is 19.3. The molecule has 0 aliphatic carbocycles. The van der Waals surface area contributed by atoms with E-state index in [0.717, 1.165) is 15.5 Å². The Morgan fingerprint density at radius 2 is 1.86 bits per heavy atom. The van der Waals surface area contributed by atoms with Crippen LogP contribution in [0.2, 0.25) is 0 Å². The molecule has 7 heteroatoms. The minimum Gasteiger partial charge on any atom is -0.486 e. The molecule has 0 bridgehead atoms. The molecular formula is C21H18FNO3S2. The number of benzene rings is 2. The molecule has 144 valence electrons. The van der Waals surface area contributed by atoms with Gasteiger partial charge in [-0.05, 0) is 47.8 Å². The number of rotatable bonds is 6. The second-order valence-corrected chi connectivity index (χ2v) is 8.21. The summed E-state index contributed by atoms with van der Waals surface area (Å²) in [6.45, 7) is 1.51. The van der Waals surface area contributed by atoms with E-state index in [2.05, 4.69) is 0 Å². The van der Waals surface area contributed by atoms with Gasteiger partial charge in [0.25, 0.3) is 0 Å². The molecule has 0 radical (unpaired) electrons. The molecule has 1 amide bonds. The summed E-state index contributed by atoms with van der Waals surface area (Å²) in [5.74, 6) is 1.29. The molecule has 28 heavy (non-hydrogen) atoms. The third-order valence-electron chi connectivity index (χ3n) is 4.21. The second kappa shape index (κ2) is 8.67. The highest BCUT2D eigenvalue weighted by Crippen LogP contribution is 2.35. The first-order valence-electron chi connectivity index (χ1n) is 8.80. The van der Waals surface area contributed by atoms with E-state index in [9.17, 15) is 9.18 Å². The summed E-state index contributed by atoms with van der Waals surface area (Å²) in [7, 11) is 0. The van der Waals surface area contributed by atoms with Crippen LogP contribution in [0.1, 0.15) is 4.88 Å². The van der Waals surface area contributed by atoms with E-state index in [1.165, 1.54) is 23.9 Å². The number of fused-ring (bicyclic) bond motifs is 1. The molecular weight excluding hydrogens is 397 g/mol. The van der Waals surface area contributed by atoms with E-state index in [-0.39, 0.29) is 17.5 Å². The lowest BCUT2D eigenvalue weighted by Gasteiger charge is -2.25. The quantitative estimate of drug-likeness (QED) is 0.532. The van der Waals surface area contributed by atoms with Crippen LogP contribution >= 0.6 is 23.1 Å². The molecule has 0 unspecified atom stereocenters. The summed E-state index contributed by atoms with van der Waals surface area (Å²) >= 11 is 3.00. The highest BCUT2D eigenvalue weighted by molar-refractivity contribution is 8.00. The average molecular weight is 416 g/mol. The van der Waals surface area contributed by atoms with Crippen molar-refractivity contribution in [3.05, 3.63) is 70.7 Å². The molecule has 2 heterocycles. The van der Waals surface area contributed by atoms with Crippen molar-refractivity contribution in [1.82, 2.24) is 0 Å². The van der Waals surface area contributed by atoms with Crippen molar-refractivity contribution in [3.8, 4) is 11.5 Å². The Balaban J connectivity index is 1.54. The van der Waals surface area contributed by atoms with Crippen LogP contribution in [0.15, 0.2) is 64.9 Å². The lowest BCUT2D eigenvalue weighted by Crippen LogP contribution is -2.31. The zero-order valence-corrected chi connectivity index (χ0v) is 16.6. The number of thioether (sulfide) groups is 1. The van der Waals surface area contributed by atoms with E-state index in [1.807, 2.05) is 35.7 Å². The van der Waals surface area contributed by atoms with Crippen molar-refractivity contribution < 1.29 is 18.7 Å². The van der Waals surface area contributed by atoms with Gasteiger partial charge >= 0.3 is 0 Å². The van der Waals surface area contributed by atoms with Gasteiger partial charge in [-0.25, -0.2) is 4.39 Å². The molecule has 1 aliphatic heterocycles. The summed E-state index contributed by atoms with van der Waals surface area (Å²) < 4.78 is 24.3. The first kappa shape index (κ1) is 18.8. The molecule has 4 rings (SSSR count). The molecule has 1 aliphatic rings. The van der Waals surface area contributed by atoms with E-state index in [1.54, 1.807) is 28.4 Å². The Morgan fingerprint density at radius 3 is 2.61 bits per heavy atom. The largest absolute Gasteiger partial charge is 0.486 e. The highest BCUT2D eigenvalue weighted by Gasteiger charge is 2.20. The highest BCUT2D eigenvalue weighted by atomic mass is 32.2. The predicted molar refractivity (Wildman–Crippen MR) is 110 cm³/mol. The molecule has 4 nitrogen and oxygen atoms in total. The number of nitrogens with zero attached hydrogens (tertiary/aromatic N) is 1. The second-order valence-electron chi connectivity index (χ2n) is 6.13. The van der Waals surface area contributed by atoms with Crippen molar-refractivity contribution in [1.29, 1.82) is 0 Å². The van der Waals surface area contributed by atoms with E-state index >= 15 is 0 Å². The maximum absolute atomic E-state index is 13.1. The van der Waals surface area contributed by atoms with Gasteiger partial charge in [0.2, 0.25) is 5.91 Å². The standard InChI is InChI=1S/C21H18FNO3S2/c22-15-3-6-17(7-4-15)28-14-21(24)23(13-18-2-1-11-27-18)16-5-8-19-20(12-16)26-10-9-25-19/h1-8,11-12H,9-10,13-14H2. The fourth-order valence-corrected chi connectivity index (χ4v) is 4.30. The number of hydrogen-bond acceptors (Lipinski definition) is 5. The maximum atomic E-state index is 13.1. The number of carbonyl (C=O) groups is 1. The van der Waals surface area contributed by atoms with Crippen LogP contribution in [0.5, 0.6) is 11.5 Å². The van der Waals surface area contributed by atoms with Gasteiger partial charge in [-0.2, -0.15) is 0 Å². The first-order chi connectivity index (χ1) is 13.7. The fraction of sp³-hybridized carbons (Fsp3) is 0.190. The smallest absolute Gasteiger partial charge is 0.237 e. The van der Waals surface area contributed by atoms with Crippen LogP contribution in [0, 0.1) is 5.82 Å². The molecule has 0 fully saturated rings. The third-order valence-corrected chi connectivity index (χ3v) is 6.07. The Kier molecular flexibility index (Phi) is 5.83. The summed E-state index contributed by atoms with van der Waals surface area (Å²) in [6.07, 6.45) is 0. The Hall–Kier alpha value is -2.51. The molecule has 0 spiro atoms. The van der Waals surface area contributed by atoms with Gasteiger partial charge in [-0.3, -0.25) is 4.79 Å². The number of ether oxygens (including phenoxy) is 2. The third kappa shape index (κ3) is 4.48. The van der Waals surface area contributed by atoms with Crippen LogP contribution < -0.4 is 14.4 Å². The zero-order valence-electron chi connectivity index (χ0n) is 15.0. The van der Waals surface area contributed by atoms with Gasteiger partial charge in [-0.1, -0.05) is 6.07 Å². The summed E-state index contributed by atoms with van der Waals surface area (Å²) in [5, 5.41) is 2.00. The minimum atomic E-state index is -0.286. The number of halogens is 1. The average Bonchev–Trinajstić information content (AvgIpc) is 3.24. The summed E-state index contributed by atoms with van der Waals surface area (Å²) in [5.41, 5.74) is 0.766.